The number of benzene rings is 1. The highest BCUT2D eigenvalue weighted by molar-refractivity contribution is 6.62. The molecule has 7 nitrogen and oxygen atoms in total. The van der Waals surface area contributed by atoms with Crippen molar-refractivity contribution in [1.29, 1.82) is 0 Å². The molecule has 1 aliphatic rings. The average Bonchev–Trinajstić information content (AvgIpc) is 2.90. The maximum atomic E-state index is 12.6. The molecule has 0 saturated carbocycles. The Hall–Kier alpha value is -2.71. The summed E-state index contributed by atoms with van der Waals surface area (Å²) in [6, 6.07) is 8.56. The molecule has 0 bridgehead atoms. The normalized spacial score (nSPS) is 17.1. The van der Waals surface area contributed by atoms with E-state index in [9.17, 15) is 9.59 Å². The zero-order valence-electron chi connectivity index (χ0n) is 17.5. The van der Waals surface area contributed by atoms with E-state index in [0.29, 0.717) is 5.69 Å². The minimum atomic E-state index is -0.519. The molecule has 152 valence electrons. The Morgan fingerprint density at radius 3 is 2.28 bits per heavy atom. The number of anilines is 1. The fourth-order valence-electron chi connectivity index (χ4n) is 2.97. The first kappa shape index (κ1) is 21.0. The first-order valence-electron chi connectivity index (χ1n) is 9.36. The molecule has 2 aromatic rings. The number of esters is 1. The number of hydrogen-bond donors (Lipinski definition) is 1. The molecule has 1 saturated heterocycles. The number of ether oxygens (including phenoxy) is 1. The topological polar surface area (TPSA) is 86.8 Å². The van der Waals surface area contributed by atoms with Crippen molar-refractivity contribution in [2.24, 2.45) is 0 Å². The van der Waals surface area contributed by atoms with E-state index in [1.807, 2.05) is 52.8 Å². The number of aromatic nitrogens is 1. The Balaban J connectivity index is 1.80. The van der Waals surface area contributed by atoms with Crippen LogP contribution in [0.1, 0.15) is 54.1 Å². The van der Waals surface area contributed by atoms with Gasteiger partial charge in [-0.05, 0) is 63.8 Å². The summed E-state index contributed by atoms with van der Waals surface area (Å²) in [6.07, 6.45) is 1.31. The first-order chi connectivity index (χ1) is 13.6. The molecule has 0 unspecified atom stereocenters. The van der Waals surface area contributed by atoms with Gasteiger partial charge in [0.15, 0.2) is 0 Å². The molecular weight excluding hydrogens is 371 g/mol. The van der Waals surface area contributed by atoms with Gasteiger partial charge in [0.05, 0.1) is 23.9 Å². The van der Waals surface area contributed by atoms with Crippen LogP contribution in [0.15, 0.2) is 36.5 Å². The summed E-state index contributed by atoms with van der Waals surface area (Å²) in [6.45, 7) is 9.90. The quantitative estimate of drug-likeness (QED) is 0.632. The summed E-state index contributed by atoms with van der Waals surface area (Å²) in [5.41, 5.74) is 1.92. The van der Waals surface area contributed by atoms with Crippen molar-refractivity contribution in [2.75, 3.05) is 12.4 Å². The predicted molar refractivity (Wildman–Crippen MR) is 110 cm³/mol. The van der Waals surface area contributed by atoms with E-state index >= 15 is 0 Å². The lowest BCUT2D eigenvalue weighted by Crippen LogP contribution is -2.41. The lowest BCUT2D eigenvalue weighted by molar-refractivity contribution is 0.00578. The number of carbonyl (C=O) groups excluding carboxylic acids is 2. The maximum absolute atomic E-state index is 12.6. The molecule has 29 heavy (non-hydrogen) atoms. The molecular formula is C21H25BN2O5. The van der Waals surface area contributed by atoms with Crippen LogP contribution < -0.4 is 10.8 Å². The van der Waals surface area contributed by atoms with Gasteiger partial charge in [0.25, 0.3) is 5.91 Å². The van der Waals surface area contributed by atoms with E-state index in [4.69, 9.17) is 9.31 Å². The van der Waals surface area contributed by atoms with Gasteiger partial charge in [0, 0.05) is 11.9 Å². The highest BCUT2D eigenvalue weighted by Crippen LogP contribution is 2.37. The highest BCUT2D eigenvalue weighted by atomic mass is 16.7. The van der Waals surface area contributed by atoms with Crippen LogP contribution in [0.5, 0.6) is 0 Å². The minimum absolute atomic E-state index is 0.193. The van der Waals surface area contributed by atoms with Crippen molar-refractivity contribution >= 4 is 30.1 Å². The van der Waals surface area contributed by atoms with Crippen molar-refractivity contribution < 1.29 is 23.6 Å². The Kier molecular flexibility index (Phi) is 5.51. The van der Waals surface area contributed by atoms with Crippen LogP contribution in [-0.2, 0) is 14.0 Å². The van der Waals surface area contributed by atoms with Crippen molar-refractivity contribution in [1.82, 2.24) is 4.98 Å². The maximum Gasteiger partial charge on any atom is 0.495 e. The highest BCUT2D eigenvalue weighted by Gasteiger charge is 2.52. The second-order valence-electron chi connectivity index (χ2n) is 7.99. The van der Waals surface area contributed by atoms with Gasteiger partial charge in [-0.2, -0.15) is 0 Å². The van der Waals surface area contributed by atoms with Crippen LogP contribution >= 0.6 is 0 Å². The van der Waals surface area contributed by atoms with Gasteiger partial charge in [0.1, 0.15) is 5.69 Å². The van der Waals surface area contributed by atoms with Crippen LogP contribution in [0, 0.1) is 6.92 Å². The summed E-state index contributed by atoms with van der Waals surface area (Å²) < 4.78 is 16.9. The summed E-state index contributed by atoms with van der Waals surface area (Å²) in [5, 5.41) is 2.87. The average molecular weight is 396 g/mol. The number of methoxy groups -OCH3 is 1. The molecule has 1 N–H and O–H groups in total. The van der Waals surface area contributed by atoms with Gasteiger partial charge in [-0.1, -0.05) is 12.1 Å². The van der Waals surface area contributed by atoms with Crippen molar-refractivity contribution in [3.63, 3.8) is 0 Å². The van der Waals surface area contributed by atoms with Crippen LogP contribution in [0.25, 0.3) is 0 Å². The number of pyridine rings is 1. The van der Waals surface area contributed by atoms with E-state index in [1.165, 1.54) is 25.4 Å². The summed E-state index contributed by atoms with van der Waals surface area (Å²) >= 11 is 0. The lowest BCUT2D eigenvalue weighted by atomic mass is 9.76. The summed E-state index contributed by atoms with van der Waals surface area (Å²) in [7, 11) is 0.771. The number of rotatable bonds is 4. The molecule has 0 radical (unpaired) electrons. The Morgan fingerprint density at radius 1 is 1.07 bits per heavy atom. The van der Waals surface area contributed by atoms with E-state index in [2.05, 4.69) is 15.0 Å². The number of carbonyl (C=O) groups is 2. The number of hydrogen-bond acceptors (Lipinski definition) is 6. The monoisotopic (exact) mass is 396 g/mol. The third-order valence-electron chi connectivity index (χ3n) is 5.55. The van der Waals surface area contributed by atoms with E-state index in [1.54, 1.807) is 0 Å². The standard InChI is InChI=1S/C21H25BN2O5/c1-13-15(22-28-20(2,3)21(4,5)29-22)8-7-9-16(13)24-18(25)17-11-10-14(12-23-17)19(26)27-6/h7-12H,1-6H3,(H,24,25). The number of nitrogens with zero attached hydrogens (tertiary/aromatic N) is 1. The molecule has 1 fully saturated rings. The fourth-order valence-corrected chi connectivity index (χ4v) is 2.97. The molecule has 1 aromatic carbocycles. The Bertz CT molecular complexity index is 925. The third-order valence-corrected chi connectivity index (χ3v) is 5.55. The zero-order valence-corrected chi connectivity index (χ0v) is 17.5. The summed E-state index contributed by atoms with van der Waals surface area (Å²) in [4.78, 5) is 28.2. The molecule has 0 aliphatic carbocycles. The molecule has 1 aromatic heterocycles. The van der Waals surface area contributed by atoms with Gasteiger partial charge in [-0.3, -0.25) is 9.78 Å². The molecule has 0 atom stereocenters. The lowest BCUT2D eigenvalue weighted by Gasteiger charge is -2.32. The van der Waals surface area contributed by atoms with Crippen molar-refractivity contribution in [3.8, 4) is 0 Å². The third kappa shape index (κ3) is 4.04. The van der Waals surface area contributed by atoms with E-state index in [-0.39, 0.29) is 17.2 Å². The SMILES string of the molecule is COC(=O)c1ccc(C(=O)Nc2cccc(B3OC(C)(C)C(C)(C)O3)c2C)nc1. The van der Waals surface area contributed by atoms with Gasteiger partial charge in [-0.25, -0.2) is 4.79 Å². The first-order valence-corrected chi connectivity index (χ1v) is 9.36. The Labute approximate surface area is 170 Å². The Morgan fingerprint density at radius 2 is 1.72 bits per heavy atom. The second-order valence-corrected chi connectivity index (χ2v) is 7.99. The fraction of sp³-hybridized carbons (Fsp3) is 0.381. The van der Waals surface area contributed by atoms with Gasteiger partial charge in [0.2, 0.25) is 0 Å². The second kappa shape index (κ2) is 7.61. The molecule has 1 aliphatic heterocycles. The molecule has 0 spiro atoms. The number of amides is 1. The molecule has 3 rings (SSSR count). The largest absolute Gasteiger partial charge is 0.495 e. The van der Waals surface area contributed by atoms with Gasteiger partial charge < -0.3 is 19.4 Å². The van der Waals surface area contributed by atoms with Gasteiger partial charge in [-0.15, -0.1) is 0 Å². The predicted octanol–water partition coefficient (Wildman–Crippen LogP) is 2.73. The van der Waals surface area contributed by atoms with Crippen LogP contribution in [0.2, 0.25) is 0 Å². The number of nitrogens with one attached hydrogen (secondary N) is 1. The van der Waals surface area contributed by atoms with Crippen molar-refractivity contribution in [2.45, 2.75) is 45.8 Å². The van der Waals surface area contributed by atoms with Crippen LogP contribution in [0.4, 0.5) is 5.69 Å². The zero-order chi connectivity index (χ0) is 21.4. The molecule has 1 amide bonds. The van der Waals surface area contributed by atoms with Crippen LogP contribution in [0.3, 0.4) is 0 Å². The van der Waals surface area contributed by atoms with E-state index in [0.717, 1.165) is 11.0 Å². The smallest absolute Gasteiger partial charge is 0.465 e. The molecule has 8 heteroatoms. The molecule has 2 heterocycles. The van der Waals surface area contributed by atoms with Crippen molar-refractivity contribution in [3.05, 3.63) is 53.3 Å². The minimum Gasteiger partial charge on any atom is -0.465 e. The summed E-state index contributed by atoms with van der Waals surface area (Å²) in [5.74, 6) is -0.883. The van der Waals surface area contributed by atoms with Crippen LogP contribution in [-0.4, -0.2) is 42.3 Å². The van der Waals surface area contributed by atoms with Gasteiger partial charge >= 0.3 is 13.1 Å². The van der Waals surface area contributed by atoms with E-state index < -0.39 is 24.3 Å².